The first kappa shape index (κ1) is 10.3. The molecule has 1 aliphatic heterocycles. The first-order valence-electron chi connectivity index (χ1n) is 6.00. The third-order valence-corrected chi connectivity index (χ3v) is 3.41. The van der Waals surface area contributed by atoms with E-state index in [1.54, 1.807) is 0 Å². The highest BCUT2D eigenvalue weighted by atomic mass is 14.8. The Kier molecular flexibility index (Phi) is 2.32. The second-order valence-electron chi connectivity index (χ2n) is 4.52. The summed E-state index contributed by atoms with van der Waals surface area (Å²) in [7, 11) is 0. The highest BCUT2D eigenvalue weighted by Crippen LogP contribution is 2.35. The minimum Gasteiger partial charge on any atom is -0.282 e. The number of rotatable bonds is 0. The number of benzene rings is 2. The van der Waals surface area contributed by atoms with Crippen LogP contribution >= 0.6 is 0 Å². The van der Waals surface area contributed by atoms with Crippen molar-refractivity contribution in [2.75, 3.05) is 0 Å². The highest BCUT2D eigenvalue weighted by molar-refractivity contribution is 6.05. The molecule has 0 saturated heterocycles. The van der Waals surface area contributed by atoms with Gasteiger partial charge in [-0.05, 0) is 30.5 Å². The molecule has 2 aromatic carbocycles. The van der Waals surface area contributed by atoms with E-state index in [1.807, 2.05) is 0 Å². The van der Waals surface area contributed by atoms with Gasteiger partial charge in [-0.25, -0.2) is 0 Å². The lowest BCUT2D eigenvalue weighted by atomic mass is 9.93. The molecule has 0 saturated carbocycles. The zero-order chi connectivity index (χ0) is 11.8. The monoisotopic (exact) mass is 221 g/mol. The summed E-state index contributed by atoms with van der Waals surface area (Å²) in [6, 6.07) is 17.3. The van der Waals surface area contributed by atoms with Crippen molar-refractivity contribution in [2.45, 2.75) is 19.9 Å². The summed E-state index contributed by atoms with van der Waals surface area (Å²) < 4.78 is 0. The van der Waals surface area contributed by atoms with E-state index in [2.05, 4.69) is 62.4 Å². The van der Waals surface area contributed by atoms with Crippen molar-refractivity contribution in [1.29, 1.82) is 0 Å². The molecule has 1 heteroatoms. The van der Waals surface area contributed by atoms with Crippen LogP contribution < -0.4 is 0 Å². The van der Waals surface area contributed by atoms with Gasteiger partial charge in [-0.1, -0.05) is 48.5 Å². The van der Waals surface area contributed by atoms with Gasteiger partial charge in [0.2, 0.25) is 0 Å². The van der Waals surface area contributed by atoms with Gasteiger partial charge in [-0.2, -0.15) is 0 Å². The maximum absolute atomic E-state index is 4.78. The largest absolute Gasteiger partial charge is 0.282 e. The maximum atomic E-state index is 4.78. The van der Waals surface area contributed by atoms with E-state index in [0.29, 0.717) is 0 Å². The summed E-state index contributed by atoms with van der Waals surface area (Å²) in [4.78, 5) is 4.78. The van der Waals surface area contributed by atoms with Crippen molar-refractivity contribution in [3.05, 3.63) is 59.7 Å². The molecule has 1 nitrogen and oxygen atoms in total. The fraction of sp³-hybridized carbons (Fsp3) is 0.188. The third-order valence-electron chi connectivity index (χ3n) is 3.41. The normalized spacial score (nSPS) is 17.8. The fourth-order valence-corrected chi connectivity index (χ4v) is 2.57. The number of hydrogen-bond acceptors (Lipinski definition) is 1. The molecule has 0 bridgehead atoms. The zero-order valence-electron chi connectivity index (χ0n) is 10.1. The molecule has 0 amide bonds. The van der Waals surface area contributed by atoms with Crippen LogP contribution in [0.4, 0.5) is 0 Å². The molecule has 2 aromatic rings. The van der Waals surface area contributed by atoms with Gasteiger partial charge in [0.15, 0.2) is 0 Å². The molecule has 0 fully saturated rings. The van der Waals surface area contributed by atoms with Gasteiger partial charge >= 0.3 is 0 Å². The van der Waals surface area contributed by atoms with Crippen LogP contribution in [0.15, 0.2) is 53.5 Å². The molecule has 17 heavy (non-hydrogen) atoms. The lowest BCUT2D eigenvalue weighted by molar-refractivity contribution is 0.825. The Labute approximate surface area is 102 Å². The zero-order valence-corrected chi connectivity index (χ0v) is 10.1. The Balaban J connectivity index is 2.38. The summed E-state index contributed by atoms with van der Waals surface area (Å²) in [5, 5.41) is 0. The van der Waals surface area contributed by atoms with Gasteiger partial charge in [0.05, 0.1) is 6.04 Å². The Morgan fingerprint density at radius 3 is 2.18 bits per heavy atom. The molecule has 0 aromatic heterocycles. The molecular weight excluding hydrogens is 206 g/mol. The molecule has 1 aliphatic rings. The van der Waals surface area contributed by atoms with Crippen LogP contribution in [0.3, 0.4) is 0 Å². The highest BCUT2D eigenvalue weighted by Gasteiger charge is 2.18. The molecular formula is C16H15N. The number of aliphatic imine (C=N–C) groups is 1. The van der Waals surface area contributed by atoms with E-state index in [0.717, 1.165) is 5.71 Å². The van der Waals surface area contributed by atoms with E-state index in [9.17, 15) is 0 Å². The predicted octanol–water partition coefficient (Wildman–Crippen LogP) is 4.24. The van der Waals surface area contributed by atoms with Gasteiger partial charge in [-0.3, -0.25) is 4.99 Å². The Morgan fingerprint density at radius 2 is 1.41 bits per heavy atom. The van der Waals surface area contributed by atoms with Crippen molar-refractivity contribution in [1.82, 2.24) is 0 Å². The summed E-state index contributed by atoms with van der Waals surface area (Å²) in [5.74, 6) is 0. The van der Waals surface area contributed by atoms with Gasteiger partial charge in [0.25, 0.3) is 0 Å². The first-order valence-corrected chi connectivity index (χ1v) is 6.00. The summed E-state index contributed by atoms with van der Waals surface area (Å²) >= 11 is 0. The molecule has 3 rings (SSSR count). The van der Waals surface area contributed by atoms with Gasteiger partial charge < -0.3 is 0 Å². The molecule has 1 atom stereocenters. The average molecular weight is 221 g/mol. The number of nitrogens with zero attached hydrogens (tertiary/aromatic N) is 1. The van der Waals surface area contributed by atoms with Crippen molar-refractivity contribution in [3.63, 3.8) is 0 Å². The molecule has 84 valence electrons. The summed E-state index contributed by atoms with van der Waals surface area (Å²) in [6.07, 6.45) is 0. The standard InChI is InChI=1S/C16H15N/c1-11-13-7-3-5-9-15(13)16-10-6-4-8-14(16)12(2)17-11/h3-11H,1-2H3. The average Bonchev–Trinajstić information content (AvgIpc) is 2.48. The van der Waals surface area contributed by atoms with E-state index >= 15 is 0 Å². The maximum Gasteiger partial charge on any atom is 0.0730 e. The van der Waals surface area contributed by atoms with E-state index in [1.165, 1.54) is 22.3 Å². The molecule has 1 unspecified atom stereocenters. The molecule has 1 heterocycles. The minimum atomic E-state index is 0.235. The van der Waals surface area contributed by atoms with Crippen molar-refractivity contribution in [2.24, 2.45) is 4.99 Å². The second-order valence-corrected chi connectivity index (χ2v) is 4.52. The van der Waals surface area contributed by atoms with Crippen LogP contribution in [0.5, 0.6) is 0 Å². The van der Waals surface area contributed by atoms with Crippen molar-refractivity contribution >= 4 is 5.71 Å². The van der Waals surface area contributed by atoms with Gasteiger partial charge in [0.1, 0.15) is 0 Å². The Morgan fingerprint density at radius 1 is 0.824 bits per heavy atom. The van der Waals surface area contributed by atoms with E-state index in [-0.39, 0.29) is 6.04 Å². The van der Waals surface area contributed by atoms with Crippen molar-refractivity contribution < 1.29 is 0 Å². The molecule has 0 aliphatic carbocycles. The number of fused-ring (bicyclic) bond motifs is 3. The SMILES string of the molecule is CC1=NC(C)c2ccccc2-c2ccccc21. The Hall–Kier alpha value is -1.89. The third kappa shape index (κ3) is 1.59. The Bertz CT molecular complexity index is 596. The first-order chi connectivity index (χ1) is 8.27. The minimum absolute atomic E-state index is 0.235. The smallest absolute Gasteiger partial charge is 0.0730 e. The predicted molar refractivity (Wildman–Crippen MR) is 72.5 cm³/mol. The topological polar surface area (TPSA) is 12.4 Å². The number of hydrogen-bond donors (Lipinski definition) is 0. The molecule has 0 spiro atoms. The van der Waals surface area contributed by atoms with Gasteiger partial charge in [0, 0.05) is 11.3 Å². The lowest BCUT2D eigenvalue weighted by Crippen LogP contribution is -1.96. The van der Waals surface area contributed by atoms with Crippen LogP contribution in [-0.4, -0.2) is 5.71 Å². The van der Waals surface area contributed by atoms with E-state index in [4.69, 9.17) is 4.99 Å². The quantitative estimate of drug-likeness (QED) is 0.631. The van der Waals surface area contributed by atoms with E-state index < -0.39 is 0 Å². The van der Waals surface area contributed by atoms with Gasteiger partial charge in [-0.15, -0.1) is 0 Å². The lowest BCUT2D eigenvalue weighted by Gasteiger charge is -2.11. The molecule has 0 N–H and O–H groups in total. The van der Waals surface area contributed by atoms with Crippen LogP contribution in [0, 0.1) is 0 Å². The van der Waals surface area contributed by atoms with Crippen LogP contribution in [-0.2, 0) is 0 Å². The van der Waals surface area contributed by atoms with Crippen LogP contribution in [0.2, 0.25) is 0 Å². The second kappa shape index (κ2) is 3.85. The van der Waals surface area contributed by atoms with Crippen LogP contribution in [0.1, 0.15) is 31.0 Å². The fourth-order valence-electron chi connectivity index (χ4n) is 2.57. The van der Waals surface area contributed by atoms with Crippen LogP contribution in [0.25, 0.3) is 11.1 Å². The summed E-state index contributed by atoms with van der Waals surface area (Å²) in [6.45, 7) is 4.26. The van der Waals surface area contributed by atoms with Crippen molar-refractivity contribution in [3.8, 4) is 11.1 Å². The summed E-state index contributed by atoms with van der Waals surface area (Å²) in [5.41, 5.74) is 6.32. The molecule has 0 radical (unpaired) electrons.